The summed E-state index contributed by atoms with van der Waals surface area (Å²) in [4.78, 5) is 0. The van der Waals surface area contributed by atoms with E-state index in [1.807, 2.05) is 17.8 Å². The Labute approximate surface area is 122 Å². The van der Waals surface area contributed by atoms with Crippen molar-refractivity contribution in [3.05, 3.63) is 35.9 Å². The van der Waals surface area contributed by atoms with Crippen LogP contribution in [0.1, 0.15) is 45.7 Å². The van der Waals surface area contributed by atoms with E-state index in [0.717, 1.165) is 12.2 Å². The molecule has 2 nitrogen and oxygen atoms in total. The average Bonchev–Trinajstić information content (AvgIpc) is 2.36. The SMILES string of the molecule is CC(CSC(C)(C)C)N[C@H](CCO)c1ccccc1. The first-order valence-corrected chi connectivity index (χ1v) is 7.97. The van der Waals surface area contributed by atoms with Crippen molar-refractivity contribution in [3.8, 4) is 0 Å². The predicted octanol–water partition coefficient (Wildman–Crippen LogP) is 3.62. The minimum absolute atomic E-state index is 0.214. The van der Waals surface area contributed by atoms with Gasteiger partial charge in [-0.3, -0.25) is 0 Å². The fourth-order valence-electron chi connectivity index (χ4n) is 1.93. The monoisotopic (exact) mass is 281 g/mol. The lowest BCUT2D eigenvalue weighted by Gasteiger charge is -2.26. The Bertz CT molecular complexity index is 348. The Morgan fingerprint density at radius 3 is 2.37 bits per heavy atom. The lowest BCUT2D eigenvalue weighted by atomic mass is 10.0. The molecule has 0 saturated carbocycles. The zero-order valence-electron chi connectivity index (χ0n) is 12.5. The van der Waals surface area contributed by atoms with Gasteiger partial charge in [0.1, 0.15) is 0 Å². The molecule has 0 fully saturated rings. The Kier molecular flexibility index (Phi) is 6.90. The summed E-state index contributed by atoms with van der Waals surface area (Å²) in [6.45, 7) is 9.16. The molecule has 3 heteroatoms. The third-order valence-electron chi connectivity index (χ3n) is 2.87. The molecular formula is C16H27NOS. The normalized spacial score (nSPS) is 15.2. The van der Waals surface area contributed by atoms with Gasteiger partial charge in [-0.2, -0.15) is 11.8 Å². The highest BCUT2D eigenvalue weighted by molar-refractivity contribution is 8.00. The first-order chi connectivity index (χ1) is 8.92. The summed E-state index contributed by atoms with van der Waals surface area (Å²) >= 11 is 1.97. The van der Waals surface area contributed by atoms with Crippen LogP contribution in [0, 0.1) is 0 Å². The predicted molar refractivity (Wildman–Crippen MR) is 85.7 cm³/mol. The molecule has 0 aliphatic rings. The van der Waals surface area contributed by atoms with Gasteiger partial charge in [0, 0.05) is 29.2 Å². The second-order valence-corrected chi connectivity index (χ2v) is 7.81. The molecule has 0 aromatic heterocycles. The van der Waals surface area contributed by atoms with Gasteiger partial charge in [-0.25, -0.2) is 0 Å². The van der Waals surface area contributed by atoms with E-state index in [2.05, 4.69) is 57.3 Å². The maximum Gasteiger partial charge on any atom is 0.0449 e. The van der Waals surface area contributed by atoms with Crippen LogP contribution in [-0.4, -0.2) is 28.3 Å². The summed E-state index contributed by atoms with van der Waals surface area (Å²) < 4.78 is 0.301. The van der Waals surface area contributed by atoms with E-state index < -0.39 is 0 Å². The molecule has 2 atom stereocenters. The summed E-state index contributed by atoms with van der Waals surface area (Å²) in [7, 11) is 0. The van der Waals surface area contributed by atoms with Gasteiger partial charge >= 0.3 is 0 Å². The van der Waals surface area contributed by atoms with E-state index in [-0.39, 0.29) is 12.6 Å². The van der Waals surface area contributed by atoms with Crippen LogP contribution in [0.25, 0.3) is 0 Å². The summed E-state index contributed by atoms with van der Waals surface area (Å²) in [5.41, 5.74) is 1.25. The van der Waals surface area contributed by atoms with Gasteiger partial charge < -0.3 is 10.4 Å². The standard InChI is InChI=1S/C16H27NOS/c1-13(12-19-16(2,3)4)17-15(10-11-18)14-8-6-5-7-9-14/h5-9,13,15,17-18H,10-12H2,1-4H3/t13?,15-/m1/s1. The zero-order chi connectivity index (χ0) is 14.3. The molecular weight excluding hydrogens is 254 g/mol. The van der Waals surface area contributed by atoms with Crippen molar-refractivity contribution in [2.24, 2.45) is 0 Å². The minimum Gasteiger partial charge on any atom is -0.396 e. The van der Waals surface area contributed by atoms with Crippen molar-refractivity contribution in [1.82, 2.24) is 5.32 Å². The number of aliphatic hydroxyl groups excluding tert-OH is 1. The molecule has 0 spiro atoms. The van der Waals surface area contributed by atoms with Gasteiger partial charge in [0.2, 0.25) is 0 Å². The smallest absolute Gasteiger partial charge is 0.0449 e. The Morgan fingerprint density at radius 1 is 1.21 bits per heavy atom. The molecule has 0 bridgehead atoms. The Morgan fingerprint density at radius 2 is 1.84 bits per heavy atom. The van der Waals surface area contributed by atoms with Crippen LogP contribution in [0.4, 0.5) is 0 Å². The maximum atomic E-state index is 9.22. The maximum absolute atomic E-state index is 9.22. The average molecular weight is 281 g/mol. The molecule has 0 aliphatic carbocycles. The molecule has 19 heavy (non-hydrogen) atoms. The topological polar surface area (TPSA) is 32.3 Å². The first-order valence-electron chi connectivity index (χ1n) is 6.98. The van der Waals surface area contributed by atoms with Crippen molar-refractivity contribution in [2.45, 2.75) is 50.9 Å². The molecule has 0 amide bonds. The molecule has 1 aromatic rings. The van der Waals surface area contributed by atoms with Crippen molar-refractivity contribution in [2.75, 3.05) is 12.4 Å². The number of rotatable bonds is 7. The van der Waals surface area contributed by atoms with Crippen LogP contribution in [-0.2, 0) is 0 Å². The van der Waals surface area contributed by atoms with Crippen molar-refractivity contribution in [3.63, 3.8) is 0 Å². The lowest BCUT2D eigenvalue weighted by molar-refractivity contribution is 0.262. The Hall–Kier alpha value is -0.510. The number of nitrogens with one attached hydrogen (secondary N) is 1. The van der Waals surface area contributed by atoms with Gasteiger partial charge in [-0.1, -0.05) is 51.1 Å². The number of hydrogen-bond acceptors (Lipinski definition) is 3. The van der Waals surface area contributed by atoms with Crippen molar-refractivity contribution in [1.29, 1.82) is 0 Å². The minimum atomic E-state index is 0.214. The zero-order valence-corrected chi connectivity index (χ0v) is 13.3. The van der Waals surface area contributed by atoms with Gasteiger partial charge in [0.25, 0.3) is 0 Å². The quantitative estimate of drug-likeness (QED) is 0.800. The highest BCUT2D eigenvalue weighted by Crippen LogP contribution is 2.25. The van der Waals surface area contributed by atoms with Crippen LogP contribution >= 0.6 is 11.8 Å². The summed E-state index contributed by atoms with van der Waals surface area (Å²) in [6.07, 6.45) is 0.758. The molecule has 1 aromatic carbocycles. The second-order valence-electron chi connectivity index (χ2n) is 5.97. The van der Waals surface area contributed by atoms with E-state index in [0.29, 0.717) is 10.8 Å². The van der Waals surface area contributed by atoms with E-state index in [4.69, 9.17) is 0 Å². The molecule has 0 radical (unpaired) electrons. The fourth-order valence-corrected chi connectivity index (χ4v) is 2.77. The summed E-state index contributed by atoms with van der Waals surface area (Å²) in [5, 5.41) is 12.9. The molecule has 108 valence electrons. The largest absolute Gasteiger partial charge is 0.396 e. The highest BCUT2D eigenvalue weighted by atomic mass is 32.2. The lowest BCUT2D eigenvalue weighted by Crippen LogP contribution is -2.34. The van der Waals surface area contributed by atoms with Gasteiger partial charge in [0.05, 0.1) is 0 Å². The summed E-state index contributed by atoms with van der Waals surface area (Å²) in [5.74, 6) is 1.08. The number of benzene rings is 1. The molecule has 0 saturated heterocycles. The van der Waals surface area contributed by atoms with E-state index >= 15 is 0 Å². The highest BCUT2D eigenvalue weighted by Gasteiger charge is 2.16. The molecule has 1 unspecified atom stereocenters. The van der Waals surface area contributed by atoms with Crippen molar-refractivity contribution >= 4 is 11.8 Å². The molecule has 0 heterocycles. The van der Waals surface area contributed by atoms with Gasteiger partial charge in [-0.15, -0.1) is 0 Å². The van der Waals surface area contributed by atoms with Crippen LogP contribution in [0.5, 0.6) is 0 Å². The number of thioether (sulfide) groups is 1. The number of hydrogen-bond donors (Lipinski definition) is 2. The fraction of sp³-hybridized carbons (Fsp3) is 0.625. The van der Waals surface area contributed by atoms with Crippen LogP contribution in [0.2, 0.25) is 0 Å². The van der Waals surface area contributed by atoms with E-state index in [1.54, 1.807) is 0 Å². The molecule has 2 N–H and O–H groups in total. The van der Waals surface area contributed by atoms with Gasteiger partial charge in [0.15, 0.2) is 0 Å². The van der Waals surface area contributed by atoms with E-state index in [9.17, 15) is 5.11 Å². The van der Waals surface area contributed by atoms with Crippen LogP contribution < -0.4 is 5.32 Å². The van der Waals surface area contributed by atoms with Crippen molar-refractivity contribution < 1.29 is 5.11 Å². The van der Waals surface area contributed by atoms with Crippen LogP contribution in [0.15, 0.2) is 30.3 Å². The Balaban J connectivity index is 2.54. The first kappa shape index (κ1) is 16.5. The van der Waals surface area contributed by atoms with E-state index in [1.165, 1.54) is 5.56 Å². The number of aliphatic hydroxyl groups is 1. The third-order valence-corrected chi connectivity index (χ3v) is 4.40. The molecule has 1 rings (SSSR count). The third kappa shape index (κ3) is 7.00. The van der Waals surface area contributed by atoms with Gasteiger partial charge in [-0.05, 0) is 18.9 Å². The summed E-state index contributed by atoms with van der Waals surface area (Å²) in [6, 6.07) is 11.0. The molecule has 0 aliphatic heterocycles. The van der Waals surface area contributed by atoms with Crippen LogP contribution in [0.3, 0.4) is 0 Å². The second kappa shape index (κ2) is 7.93.